The van der Waals surface area contributed by atoms with Gasteiger partial charge in [-0.3, -0.25) is 4.90 Å². The van der Waals surface area contributed by atoms with Crippen LogP contribution in [0.5, 0.6) is 0 Å². The number of hydrogen-bond donors (Lipinski definition) is 1. The maximum absolute atomic E-state index is 12.7. The van der Waals surface area contributed by atoms with Gasteiger partial charge in [-0.15, -0.1) is 11.3 Å². The van der Waals surface area contributed by atoms with Crippen molar-refractivity contribution in [2.75, 3.05) is 26.7 Å². The molecule has 21 heavy (non-hydrogen) atoms. The average molecular weight is 332 g/mol. The van der Waals surface area contributed by atoms with E-state index in [0.29, 0.717) is 23.3 Å². The summed E-state index contributed by atoms with van der Waals surface area (Å²) in [7, 11) is -1.72. The van der Waals surface area contributed by atoms with E-state index in [0.717, 1.165) is 36.4 Å². The molecule has 1 aliphatic heterocycles. The van der Waals surface area contributed by atoms with Crippen molar-refractivity contribution in [3.8, 4) is 0 Å². The Hall–Kier alpha value is -0.470. The van der Waals surface area contributed by atoms with Crippen LogP contribution in [0.15, 0.2) is 10.3 Å². The molecule has 2 N–H and O–H groups in total. The van der Waals surface area contributed by atoms with Crippen molar-refractivity contribution in [2.45, 2.75) is 43.5 Å². The van der Waals surface area contributed by atoms with Gasteiger partial charge in [-0.2, -0.15) is 4.31 Å². The largest absolute Gasteiger partial charge is 0.326 e. The number of rotatable bonds is 6. The highest BCUT2D eigenvalue weighted by molar-refractivity contribution is 7.91. The zero-order chi connectivity index (χ0) is 15.6. The van der Waals surface area contributed by atoms with Crippen LogP contribution in [0.4, 0.5) is 0 Å². The van der Waals surface area contributed by atoms with Gasteiger partial charge in [0.25, 0.3) is 10.0 Å². The minimum Gasteiger partial charge on any atom is -0.326 e. The number of likely N-dealkylation sites (N-methyl/N-ethyl adjacent to an activating group) is 2. The Morgan fingerprint density at radius 3 is 2.81 bits per heavy atom. The van der Waals surface area contributed by atoms with Crippen molar-refractivity contribution < 1.29 is 8.42 Å². The van der Waals surface area contributed by atoms with Crippen LogP contribution >= 0.6 is 11.3 Å². The number of nitrogens with zero attached hydrogens (tertiary/aromatic N) is 2. The Morgan fingerprint density at radius 1 is 1.52 bits per heavy atom. The first-order valence-electron chi connectivity index (χ1n) is 7.40. The minimum atomic E-state index is -3.40. The third-order valence-electron chi connectivity index (χ3n) is 4.22. The molecule has 2 rings (SSSR count). The van der Waals surface area contributed by atoms with Crippen molar-refractivity contribution in [1.82, 2.24) is 9.21 Å². The second-order valence-corrected chi connectivity index (χ2v) is 8.99. The number of nitrogens with two attached hydrogens (primary N) is 1. The Morgan fingerprint density at radius 2 is 2.24 bits per heavy atom. The van der Waals surface area contributed by atoms with Gasteiger partial charge in [0.15, 0.2) is 0 Å². The number of aryl methyl sites for hydroxylation is 1. The summed E-state index contributed by atoms with van der Waals surface area (Å²) in [6, 6.07) is 2.08. The average Bonchev–Trinajstić information content (AvgIpc) is 3.04. The molecule has 0 amide bonds. The molecular weight excluding hydrogens is 306 g/mol. The highest BCUT2D eigenvalue weighted by Crippen LogP contribution is 2.28. The smallest absolute Gasteiger partial charge is 0.252 e. The molecule has 0 radical (unpaired) electrons. The van der Waals surface area contributed by atoms with E-state index in [1.807, 2.05) is 6.92 Å². The van der Waals surface area contributed by atoms with Gasteiger partial charge in [0, 0.05) is 31.1 Å². The van der Waals surface area contributed by atoms with Crippen molar-refractivity contribution in [2.24, 2.45) is 5.73 Å². The summed E-state index contributed by atoms with van der Waals surface area (Å²) < 4.78 is 27.3. The summed E-state index contributed by atoms with van der Waals surface area (Å²) in [5.41, 5.74) is 6.61. The van der Waals surface area contributed by atoms with Crippen molar-refractivity contribution in [3.05, 3.63) is 16.5 Å². The molecule has 2 heterocycles. The van der Waals surface area contributed by atoms with E-state index in [1.54, 1.807) is 13.1 Å². The summed E-state index contributed by atoms with van der Waals surface area (Å²) in [6.45, 7) is 7.04. The lowest BCUT2D eigenvalue weighted by atomic mass is 10.2. The van der Waals surface area contributed by atoms with Crippen LogP contribution in [0, 0.1) is 6.92 Å². The van der Waals surface area contributed by atoms with Crippen molar-refractivity contribution in [3.63, 3.8) is 0 Å². The lowest BCUT2D eigenvalue weighted by Crippen LogP contribution is -2.40. The van der Waals surface area contributed by atoms with E-state index in [1.165, 1.54) is 15.6 Å². The van der Waals surface area contributed by atoms with Gasteiger partial charge in [0.1, 0.15) is 4.21 Å². The Kier molecular flexibility index (Phi) is 5.43. The molecule has 0 spiro atoms. The van der Waals surface area contributed by atoms with E-state index in [4.69, 9.17) is 5.73 Å². The molecule has 0 aromatic carbocycles. The van der Waals surface area contributed by atoms with Crippen LogP contribution in [0.1, 0.15) is 30.2 Å². The van der Waals surface area contributed by atoms with Crippen LogP contribution in [0.3, 0.4) is 0 Å². The molecular formula is C14H25N3O2S2. The fraction of sp³-hybridized carbons (Fsp3) is 0.714. The Balaban J connectivity index is 2.14. The molecule has 0 aliphatic carbocycles. The molecule has 1 aliphatic rings. The third-order valence-corrected chi connectivity index (χ3v) is 7.75. The number of thiophene rings is 1. The van der Waals surface area contributed by atoms with Crippen molar-refractivity contribution in [1.29, 1.82) is 0 Å². The molecule has 1 unspecified atom stereocenters. The fourth-order valence-corrected chi connectivity index (χ4v) is 5.77. The standard InChI is InChI=1S/C14H25N3O2S2/c1-4-17-7-5-6-12(17)10-16(3)21(18,19)14-8-11(2)13(9-15)20-14/h8,12H,4-7,9-10,15H2,1-3H3. The lowest BCUT2D eigenvalue weighted by molar-refractivity contribution is 0.238. The topological polar surface area (TPSA) is 66.6 Å². The molecule has 120 valence electrons. The van der Waals surface area contributed by atoms with Gasteiger partial charge in [0.05, 0.1) is 0 Å². The first-order valence-corrected chi connectivity index (χ1v) is 9.65. The molecule has 5 nitrogen and oxygen atoms in total. The SMILES string of the molecule is CCN1CCCC1CN(C)S(=O)(=O)c1cc(C)c(CN)s1. The lowest BCUT2D eigenvalue weighted by Gasteiger charge is -2.27. The highest BCUT2D eigenvalue weighted by atomic mass is 32.2. The zero-order valence-corrected chi connectivity index (χ0v) is 14.6. The first-order chi connectivity index (χ1) is 9.90. The molecule has 1 fully saturated rings. The van der Waals surface area contributed by atoms with Gasteiger partial charge < -0.3 is 5.73 Å². The summed E-state index contributed by atoms with van der Waals surface area (Å²) in [4.78, 5) is 3.30. The summed E-state index contributed by atoms with van der Waals surface area (Å²) >= 11 is 1.29. The highest BCUT2D eigenvalue weighted by Gasteiger charge is 2.30. The second kappa shape index (κ2) is 6.75. The normalized spacial score (nSPS) is 20.5. The number of hydrogen-bond acceptors (Lipinski definition) is 5. The Labute approximate surface area is 131 Å². The molecule has 0 bridgehead atoms. The first kappa shape index (κ1) is 16.9. The molecule has 1 atom stereocenters. The molecule has 0 saturated carbocycles. The maximum Gasteiger partial charge on any atom is 0.252 e. The quantitative estimate of drug-likeness (QED) is 0.860. The number of likely N-dealkylation sites (tertiary alicyclic amines) is 1. The summed E-state index contributed by atoms with van der Waals surface area (Å²) in [5.74, 6) is 0. The molecule has 1 aromatic rings. The minimum absolute atomic E-state index is 0.338. The van der Waals surface area contributed by atoms with Crippen LogP contribution in [-0.4, -0.2) is 50.3 Å². The second-order valence-electron chi connectivity index (χ2n) is 5.59. The third kappa shape index (κ3) is 3.48. The molecule has 1 saturated heterocycles. The number of sulfonamides is 1. The monoisotopic (exact) mass is 331 g/mol. The van der Waals surface area contributed by atoms with Crippen LogP contribution in [0.2, 0.25) is 0 Å². The van der Waals surface area contributed by atoms with E-state index < -0.39 is 10.0 Å². The van der Waals surface area contributed by atoms with E-state index >= 15 is 0 Å². The maximum atomic E-state index is 12.7. The van der Waals surface area contributed by atoms with E-state index in [2.05, 4.69) is 11.8 Å². The van der Waals surface area contributed by atoms with Crippen LogP contribution in [-0.2, 0) is 16.6 Å². The zero-order valence-electron chi connectivity index (χ0n) is 13.0. The van der Waals surface area contributed by atoms with E-state index in [9.17, 15) is 8.42 Å². The predicted octanol–water partition coefficient (Wildman–Crippen LogP) is 1.62. The predicted molar refractivity (Wildman–Crippen MR) is 87.0 cm³/mol. The van der Waals surface area contributed by atoms with E-state index in [-0.39, 0.29) is 0 Å². The van der Waals surface area contributed by atoms with Gasteiger partial charge in [-0.25, -0.2) is 8.42 Å². The summed E-state index contributed by atoms with van der Waals surface area (Å²) in [6.07, 6.45) is 2.23. The van der Waals surface area contributed by atoms with Crippen LogP contribution < -0.4 is 5.73 Å². The van der Waals surface area contributed by atoms with Crippen molar-refractivity contribution >= 4 is 21.4 Å². The van der Waals surface area contributed by atoms with Gasteiger partial charge in [0.2, 0.25) is 0 Å². The summed E-state index contributed by atoms with van der Waals surface area (Å²) in [5, 5.41) is 0. The van der Waals surface area contributed by atoms with Gasteiger partial charge >= 0.3 is 0 Å². The fourth-order valence-electron chi connectivity index (χ4n) is 2.89. The molecule has 7 heteroatoms. The van der Waals surface area contributed by atoms with Gasteiger partial charge in [-0.05, 0) is 44.5 Å². The van der Waals surface area contributed by atoms with Gasteiger partial charge in [-0.1, -0.05) is 6.92 Å². The van der Waals surface area contributed by atoms with Crippen LogP contribution in [0.25, 0.3) is 0 Å². The molecule has 1 aromatic heterocycles. The Bertz CT molecular complexity index is 583.